The molecule has 4 heteroatoms. The third-order valence-electron chi connectivity index (χ3n) is 5.00. The van der Waals surface area contributed by atoms with Crippen molar-refractivity contribution < 1.29 is 9.13 Å². The van der Waals surface area contributed by atoms with Gasteiger partial charge in [0.25, 0.3) is 0 Å². The summed E-state index contributed by atoms with van der Waals surface area (Å²) in [4.78, 5) is 4.46. The molecule has 4 rings (SSSR count). The molecule has 136 valence electrons. The maximum Gasteiger partial charge on any atom is 0.244 e. The molecule has 2 aromatic carbocycles. The lowest BCUT2D eigenvalue weighted by Gasteiger charge is -2.12. The summed E-state index contributed by atoms with van der Waals surface area (Å²) in [5.41, 5.74) is 5.81. The van der Waals surface area contributed by atoms with E-state index in [0.29, 0.717) is 11.6 Å². The van der Waals surface area contributed by atoms with Gasteiger partial charge in [-0.25, -0.2) is 9.37 Å². The quantitative estimate of drug-likeness (QED) is 0.450. The van der Waals surface area contributed by atoms with Crippen molar-refractivity contribution in [3.8, 4) is 11.6 Å². The number of pyridine rings is 1. The van der Waals surface area contributed by atoms with Gasteiger partial charge in [-0.1, -0.05) is 29.8 Å². The molecule has 0 amide bonds. The minimum Gasteiger partial charge on any atom is -0.437 e. The van der Waals surface area contributed by atoms with Gasteiger partial charge >= 0.3 is 0 Å². The van der Waals surface area contributed by atoms with E-state index >= 15 is 0 Å². The molecule has 0 radical (unpaired) electrons. The summed E-state index contributed by atoms with van der Waals surface area (Å²) in [6, 6.07) is 16.6. The van der Waals surface area contributed by atoms with E-state index in [-0.39, 0.29) is 5.82 Å². The van der Waals surface area contributed by atoms with Gasteiger partial charge in [0, 0.05) is 23.8 Å². The maximum atomic E-state index is 13.2. The summed E-state index contributed by atoms with van der Waals surface area (Å²) < 4.78 is 21.4. The molecule has 0 aliphatic rings. The third kappa shape index (κ3) is 3.31. The number of aromatic nitrogens is 2. The van der Waals surface area contributed by atoms with Crippen molar-refractivity contribution in [2.45, 2.75) is 27.3 Å². The molecule has 0 aliphatic carbocycles. The van der Waals surface area contributed by atoms with Gasteiger partial charge in [0.15, 0.2) is 0 Å². The molecule has 0 aliphatic heterocycles. The predicted octanol–water partition coefficient (Wildman–Crippen LogP) is 5.94. The van der Waals surface area contributed by atoms with Crippen molar-refractivity contribution in [1.29, 1.82) is 0 Å². The lowest BCUT2D eigenvalue weighted by atomic mass is 10.1. The largest absolute Gasteiger partial charge is 0.437 e. The normalized spacial score (nSPS) is 11.1. The van der Waals surface area contributed by atoms with Gasteiger partial charge in [0.2, 0.25) is 5.88 Å². The Balaban J connectivity index is 1.81. The highest BCUT2D eigenvalue weighted by molar-refractivity contribution is 5.89. The van der Waals surface area contributed by atoms with Crippen molar-refractivity contribution in [3.05, 3.63) is 89.0 Å². The molecular formula is C23H21FN2O. The van der Waals surface area contributed by atoms with Crippen molar-refractivity contribution in [2.24, 2.45) is 0 Å². The van der Waals surface area contributed by atoms with Crippen LogP contribution < -0.4 is 4.74 Å². The number of hydrogen-bond acceptors (Lipinski definition) is 2. The van der Waals surface area contributed by atoms with Crippen molar-refractivity contribution in [2.75, 3.05) is 0 Å². The van der Waals surface area contributed by atoms with Crippen LogP contribution in [0.1, 0.15) is 22.4 Å². The van der Waals surface area contributed by atoms with E-state index in [1.54, 1.807) is 18.3 Å². The van der Waals surface area contributed by atoms with Crippen LogP contribution in [0.15, 0.2) is 60.8 Å². The summed E-state index contributed by atoms with van der Waals surface area (Å²) in [6.07, 6.45) is 1.75. The molecule has 27 heavy (non-hydrogen) atoms. The monoisotopic (exact) mass is 360 g/mol. The first kappa shape index (κ1) is 17.3. The lowest BCUT2D eigenvalue weighted by molar-refractivity contribution is 0.464. The highest BCUT2D eigenvalue weighted by Gasteiger charge is 2.17. The molecule has 2 heterocycles. The number of rotatable bonds is 4. The Bertz CT molecular complexity index is 1100. The number of benzene rings is 2. The van der Waals surface area contributed by atoms with Crippen molar-refractivity contribution in [3.63, 3.8) is 0 Å². The topological polar surface area (TPSA) is 27.1 Å². The molecular weight excluding hydrogens is 339 g/mol. The summed E-state index contributed by atoms with van der Waals surface area (Å²) in [6.45, 7) is 7.06. The van der Waals surface area contributed by atoms with E-state index in [1.165, 1.54) is 34.5 Å². The second kappa shape index (κ2) is 6.88. The minimum atomic E-state index is -0.289. The molecule has 2 aromatic heterocycles. The first-order valence-corrected chi connectivity index (χ1v) is 8.96. The summed E-state index contributed by atoms with van der Waals surface area (Å²) in [5, 5.41) is 1.12. The van der Waals surface area contributed by atoms with Crippen LogP contribution in [0.2, 0.25) is 0 Å². The number of fused-ring (bicyclic) bond motifs is 1. The Kier molecular flexibility index (Phi) is 4.40. The van der Waals surface area contributed by atoms with E-state index in [1.807, 2.05) is 6.07 Å². The van der Waals surface area contributed by atoms with Crippen LogP contribution in [0.3, 0.4) is 0 Å². The van der Waals surface area contributed by atoms with Gasteiger partial charge in [0.05, 0.1) is 0 Å². The number of halogens is 1. The van der Waals surface area contributed by atoms with E-state index in [9.17, 15) is 4.39 Å². The van der Waals surface area contributed by atoms with Crippen LogP contribution in [0.25, 0.3) is 10.9 Å². The zero-order valence-electron chi connectivity index (χ0n) is 15.7. The Morgan fingerprint density at radius 1 is 0.926 bits per heavy atom. The second-order valence-corrected chi connectivity index (χ2v) is 6.85. The summed E-state index contributed by atoms with van der Waals surface area (Å²) >= 11 is 0. The Hall–Kier alpha value is -3.14. The molecule has 0 fully saturated rings. The van der Waals surface area contributed by atoms with Crippen molar-refractivity contribution in [1.82, 2.24) is 9.55 Å². The SMILES string of the molecule is Cc1ccc(Cn2c(C)c(C)c3ccnc(Oc4ccc(F)cc4)c32)cc1. The van der Waals surface area contributed by atoms with Crippen LogP contribution in [-0.4, -0.2) is 9.55 Å². The lowest BCUT2D eigenvalue weighted by Crippen LogP contribution is -2.03. The van der Waals surface area contributed by atoms with Gasteiger partial charge in [-0.15, -0.1) is 0 Å². The molecule has 0 atom stereocenters. The molecule has 0 saturated carbocycles. The fourth-order valence-electron chi connectivity index (χ4n) is 3.33. The second-order valence-electron chi connectivity index (χ2n) is 6.85. The van der Waals surface area contributed by atoms with E-state index in [0.717, 1.165) is 17.4 Å². The Labute approximate surface area is 158 Å². The maximum absolute atomic E-state index is 13.2. The highest BCUT2D eigenvalue weighted by Crippen LogP contribution is 2.33. The van der Waals surface area contributed by atoms with Gasteiger partial charge in [-0.2, -0.15) is 0 Å². The molecule has 0 N–H and O–H groups in total. The van der Waals surface area contributed by atoms with E-state index in [4.69, 9.17) is 4.74 Å². The van der Waals surface area contributed by atoms with E-state index < -0.39 is 0 Å². The molecule has 0 unspecified atom stereocenters. The van der Waals surface area contributed by atoms with Crippen LogP contribution in [0.4, 0.5) is 4.39 Å². The van der Waals surface area contributed by atoms with Gasteiger partial charge in [0.1, 0.15) is 17.1 Å². The minimum absolute atomic E-state index is 0.289. The highest BCUT2D eigenvalue weighted by atomic mass is 19.1. The smallest absolute Gasteiger partial charge is 0.244 e. The summed E-state index contributed by atoms with van der Waals surface area (Å²) in [7, 11) is 0. The zero-order chi connectivity index (χ0) is 19.0. The van der Waals surface area contributed by atoms with E-state index in [2.05, 4.69) is 54.6 Å². The van der Waals surface area contributed by atoms with Crippen LogP contribution in [0.5, 0.6) is 11.6 Å². The zero-order valence-corrected chi connectivity index (χ0v) is 15.7. The summed E-state index contributed by atoms with van der Waals surface area (Å²) in [5.74, 6) is 0.806. The molecule has 4 aromatic rings. The molecule has 0 spiro atoms. The molecule has 3 nitrogen and oxygen atoms in total. The third-order valence-corrected chi connectivity index (χ3v) is 5.00. The van der Waals surface area contributed by atoms with Gasteiger partial charge in [-0.3, -0.25) is 0 Å². The fraction of sp³-hybridized carbons (Fsp3) is 0.174. The van der Waals surface area contributed by atoms with Crippen LogP contribution in [-0.2, 0) is 6.54 Å². The first-order valence-electron chi connectivity index (χ1n) is 8.96. The Morgan fingerprint density at radius 2 is 1.63 bits per heavy atom. The van der Waals surface area contributed by atoms with Gasteiger partial charge in [-0.05, 0) is 62.2 Å². The van der Waals surface area contributed by atoms with Crippen LogP contribution in [0, 0.1) is 26.6 Å². The average molecular weight is 360 g/mol. The van der Waals surface area contributed by atoms with Gasteiger partial charge < -0.3 is 9.30 Å². The van der Waals surface area contributed by atoms with Crippen LogP contribution >= 0.6 is 0 Å². The first-order chi connectivity index (χ1) is 13.0. The fourth-order valence-corrected chi connectivity index (χ4v) is 3.33. The number of nitrogens with zero attached hydrogens (tertiary/aromatic N) is 2. The molecule has 0 saturated heterocycles. The standard InChI is InChI=1S/C23H21FN2O/c1-15-4-6-18(7-5-15)14-26-17(3)16(2)21-12-13-25-23(22(21)26)27-20-10-8-19(24)9-11-20/h4-13H,14H2,1-3H3. The van der Waals surface area contributed by atoms with Crippen molar-refractivity contribution >= 4 is 10.9 Å². The predicted molar refractivity (Wildman–Crippen MR) is 106 cm³/mol. The number of hydrogen-bond donors (Lipinski definition) is 0. The Morgan fingerprint density at radius 3 is 2.33 bits per heavy atom. The average Bonchev–Trinajstić information content (AvgIpc) is 2.91. The number of ether oxygens (including phenoxy) is 1. The molecule has 0 bridgehead atoms. The number of aryl methyl sites for hydroxylation is 2.